The van der Waals surface area contributed by atoms with Crippen molar-refractivity contribution in [1.82, 2.24) is 15.2 Å². The number of aliphatic carboxylic acids is 1. The van der Waals surface area contributed by atoms with Crippen molar-refractivity contribution < 1.29 is 24.5 Å². The van der Waals surface area contributed by atoms with Crippen molar-refractivity contribution in [2.45, 2.75) is 50.7 Å². The number of halogens is 1. The number of aliphatic hydroxyl groups is 1. The van der Waals surface area contributed by atoms with Crippen LogP contribution in [0.5, 0.6) is 5.75 Å². The predicted octanol–water partition coefficient (Wildman–Crippen LogP) is 5.69. The number of aromatic nitrogens is 1. The number of nitrogens with one attached hydrogen (secondary N) is 1. The number of hydrogen-bond donors (Lipinski definition) is 3. The van der Waals surface area contributed by atoms with Crippen LogP contribution in [0, 0.1) is 30.6 Å². The van der Waals surface area contributed by atoms with Crippen LogP contribution in [0.1, 0.15) is 48.2 Å². The molecule has 232 valence electrons. The van der Waals surface area contributed by atoms with E-state index in [0.717, 1.165) is 42.4 Å². The van der Waals surface area contributed by atoms with E-state index >= 15 is 0 Å². The average Bonchev–Trinajstić information content (AvgIpc) is 2.98. The van der Waals surface area contributed by atoms with E-state index in [-0.39, 0.29) is 24.1 Å². The van der Waals surface area contributed by atoms with E-state index in [4.69, 9.17) is 21.3 Å². The summed E-state index contributed by atoms with van der Waals surface area (Å²) in [5, 5.41) is 24.3. The molecule has 1 atom stereocenters. The summed E-state index contributed by atoms with van der Waals surface area (Å²) < 4.78 is 5.92. The predicted molar refractivity (Wildman–Crippen MR) is 170 cm³/mol. The van der Waals surface area contributed by atoms with Crippen LogP contribution in [0.2, 0.25) is 5.02 Å². The van der Waals surface area contributed by atoms with Gasteiger partial charge in [-0.15, -0.1) is 0 Å². The zero-order chi connectivity index (χ0) is 31.2. The van der Waals surface area contributed by atoms with Gasteiger partial charge in [-0.25, -0.2) is 9.78 Å². The summed E-state index contributed by atoms with van der Waals surface area (Å²) in [7, 11) is 3.75. The van der Waals surface area contributed by atoms with Crippen molar-refractivity contribution in [2.75, 3.05) is 27.2 Å². The van der Waals surface area contributed by atoms with Crippen molar-refractivity contribution in [2.24, 2.45) is 23.7 Å². The standard InChI is InChI=1S/C35H40ClN3O5/c1-20-6-4-5-7-27(20)28-9-11-30(33(41)38-35(34(42)43)24-13-21-12-22(15-24)16-25(35)14-21)37-32(28)23-8-10-29(36)31(17-23)44-19-26(40)18-39(2)3/h4-11,17,21-22,24-26,40H,12-16,18-19H2,1-3H3,(H,38,41)(H,42,43)/t21?,22?,24?,25?,26-,35?/m0/s1. The molecular formula is C35H40ClN3O5. The Morgan fingerprint density at radius 3 is 2.34 bits per heavy atom. The van der Waals surface area contributed by atoms with Crippen LogP contribution < -0.4 is 10.1 Å². The molecule has 7 rings (SSSR count). The summed E-state index contributed by atoms with van der Waals surface area (Å²) >= 11 is 6.49. The summed E-state index contributed by atoms with van der Waals surface area (Å²) in [5.74, 6) is -0.0278. The molecule has 1 heterocycles. The van der Waals surface area contributed by atoms with E-state index in [1.165, 1.54) is 6.42 Å². The average molecular weight is 618 g/mol. The number of amides is 1. The van der Waals surface area contributed by atoms with Gasteiger partial charge in [0.05, 0.1) is 10.7 Å². The third-order valence-corrected chi connectivity index (χ3v) is 10.2. The number of nitrogens with zero attached hydrogens (tertiary/aromatic N) is 2. The van der Waals surface area contributed by atoms with Gasteiger partial charge in [-0.2, -0.15) is 0 Å². The second kappa shape index (κ2) is 12.1. The molecule has 3 N–H and O–H groups in total. The molecule has 4 aliphatic carbocycles. The Labute approximate surface area is 263 Å². The molecule has 9 heteroatoms. The number of aryl methyl sites for hydroxylation is 1. The lowest BCUT2D eigenvalue weighted by Crippen LogP contribution is -2.70. The van der Waals surface area contributed by atoms with Gasteiger partial charge < -0.3 is 25.2 Å². The SMILES string of the molecule is Cc1ccccc1-c1ccc(C(=O)NC2(C(=O)O)C3CC4CC(C3)CC2C4)nc1-c1ccc(Cl)c(OC[C@@H](O)CN(C)C)c1. The molecule has 0 aliphatic heterocycles. The summed E-state index contributed by atoms with van der Waals surface area (Å²) in [6, 6.07) is 16.8. The van der Waals surface area contributed by atoms with Crippen molar-refractivity contribution in [3.8, 4) is 28.1 Å². The fourth-order valence-electron chi connectivity index (χ4n) is 8.11. The third kappa shape index (κ3) is 5.71. The largest absolute Gasteiger partial charge is 0.489 e. The van der Waals surface area contributed by atoms with E-state index in [9.17, 15) is 19.8 Å². The van der Waals surface area contributed by atoms with Crippen molar-refractivity contribution in [3.05, 3.63) is 70.9 Å². The molecule has 1 amide bonds. The minimum Gasteiger partial charge on any atom is -0.489 e. The first-order valence-corrected chi connectivity index (χ1v) is 15.8. The molecule has 44 heavy (non-hydrogen) atoms. The number of aliphatic hydroxyl groups excluding tert-OH is 1. The number of hydrogen-bond acceptors (Lipinski definition) is 6. The Hall–Kier alpha value is -3.46. The molecule has 3 aromatic rings. The number of benzene rings is 2. The highest BCUT2D eigenvalue weighted by atomic mass is 35.5. The maximum absolute atomic E-state index is 13.9. The smallest absolute Gasteiger partial charge is 0.330 e. The maximum Gasteiger partial charge on any atom is 0.330 e. The second-order valence-electron chi connectivity index (χ2n) is 13.2. The van der Waals surface area contributed by atoms with Crippen LogP contribution in [0.3, 0.4) is 0 Å². The van der Waals surface area contributed by atoms with Gasteiger partial charge in [0, 0.05) is 17.7 Å². The topological polar surface area (TPSA) is 112 Å². The summed E-state index contributed by atoms with van der Waals surface area (Å²) in [5.41, 5.74) is 2.95. The number of likely N-dealkylation sites (N-methyl/N-ethyl adjacent to an activating group) is 1. The van der Waals surface area contributed by atoms with Gasteiger partial charge in [-0.3, -0.25) is 4.79 Å². The van der Waals surface area contributed by atoms with Crippen LogP contribution in [-0.2, 0) is 4.79 Å². The van der Waals surface area contributed by atoms with Gasteiger partial charge in [0.25, 0.3) is 5.91 Å². The number of carbonyl (C=O) groups excluding carboxylic acids is 1. The zero-order valence-electron chi connectivity index (χ0n) is 25.4. The maximum atomic E-state index is 13.9. The van der Waals surface area contributed by atoms with Crippen LogP contribution in [0.25, 0.3) is 22.4 Å². The van der Waals surface area contributed by atoms with Crippen molar-refractivity contribution in [3.63, 3.8) is 0 Å². The summed E-state index contributed by atoms with van der Waals surface area (Å²) in [6.07, 6.45) is 3.87. The Bertz CT molecular complexity index is 1550. The number of pyridine rings is 1. The number of rotatable bonds is 10. The quantitative estimate of drug-likeness (QED) is 0.268. The molecule has 0 spiro atoms. The fraction of sp³-hybridized carbons (Fsp3) is 0.457. The Morgan fingerprint density at radius 2 is 1.70 bits per heavy atom. The Morgan fingerprint density at radius 1 is 1.02 bits per heavy atom. The molecule has 4 saturated carbocycles. The fourth-order valence-corrected chi connectivity index (χ4v) is 8.28. The highest BCUT2D eigenvalue weighted by Crippen LogP contribution is 2.58. The minimum absolute atomic E-state index is 0.0587. The molecule has 0 unspecified atom stereocenters. The summed E-state index contributed by atoms with van der Waals surface area (Å²) in [6.45, 7) is 2.52. The first kappa shape index (κ1) is 30.6. The molecule has 4 bridgehead atoms. The van der Waals surface area contributed by atoms with E-state index in [0.29, 0.717) is 40.4 Å². The van der Waals surface area contributed by atoms with E-state index in [2.05, 4.69) is 5.32 Å². The lowest BCUT2D eigenvalue weighted by atomic mass is 9.48. The Kier molecular flexibility index (Phi) is 8.44. The number of ether oxygens (including phenoxy) is 1. The first-order valence-electron chi connectivity index (χ1n) is 15.4. The normalized spacial score (nSPS) is 26.0. The zero-order valence-corrected chi connectivity index (χ0v) is 26.2. The highest BCUT2D eigenvalue weighted by molar-refractivity contribution is 6.32. The second-order valence-corrected chi connectivity index (χ2v) is 13.6. The van der Waals surface area contributed by atoms with Gasteiger partial charge in [0.1, 0.15) is 29.7 Å². The molecule has 4 fully saturated rings. The minimum atomic E-state index is -1.27. The molecule has 0 radical (unpaired) electrons. The third-order valence-electron chi connectivity index (χ3n) is 9.88. The van der Waals surface area contributed by atoms with Gasteiger partial charge in [0.2, 0.25) is 0 Å². The molecule has 2 aromatic carbocycles. The van der Waals surface area contributed by atoms with E-state index in [1.54, 1.807) is 18.2 Å². The van der Waals surface area contributed by atoms with Crippen molar-refractivity contribution in [1.29, 1.82) is 0 Å². The van der Waals surface area contributed by atoms with E-state index in [1.807, 2.05) is 62.3 Å². The van der Waals surface area contributed by atoms with Crippen LogP contribution in [-0.4, -0.2) is 70.9 Å². The first-order chi connectivity index (χ1) is 21.0. The molecule has 0 saturated heterocycles. The Balaban J connectivity index is 1.36. The lowest BCUT2D eigenvalue weighted by molar-refractivity contribution is -0.163. The van der Waals surface area contributed by atoms with Crippen LogP contribution in [0.4, 0.5) is 0 Å². The number of carboxylic acid groups (broad SMARTS) is 1. The number of carbonyl (C=O) groups is 2. The number of carboxylic acids is 1. The molecular weight excluding hydrogens is 578 g/mol. The summed E-state index contributed by atoms with van der Waals surface area (Å²) in [4.78, 5) is 33.6. The monoisotopic (exact) mass is 617 g/mol. The molecule has 1 aromatic heterocycles. The molecule has 8 nitrogen and oxygen atoms in total. The van der Waals surface area contributed by atoms with Gasteiger partial charge in [0.15, 0.2) is 0 Å². The van der Waals surface area contributed by atoms with E-state index < -0.39 is 23.5 Å². The van der Waals surface area contributed by atoms with Crippen LogP contribution in [0.15, 0.2) is 54.6 Å². The van der Waals surface area contributed by atoms with Crippen molar-refractivity contribution >= 4 is 23.5 Å². The highest BCUT2D eigenvalue weighted by Gasteiger charge is 2.62. The van der Waals surface area contributed by atoms with Crippen LogP contribution >= 0.6 is 11.6 Å². The molecule has 4 aliphatic rings. The van der Waals surface area contributed by atoms with Gasteiger partial charge in [-0.05, 0) is 112 Å². The lowest BCUT2D eigenvalue weighted by Gasteiger charge is -2.59. The van der Waals surface area contributed by atoms with Gasteiger partial charge in [-0.1, -0.05) is 41.9 Å². The van der Waals surface area contributed by atoms with Gasteiger partial charge >= 0.3 is 5.97 Å².